The van der Waals surface area contributed by atoms with Crippen molar-refractivity contribution in [1.29, 1.82) is 0 Å². The third-order valence-corrected chi connectivity index (χ3v) is 10.5. The van der Waals surface area contributed by atoms with Gasteiger partial charge in [-0.1, -0.05) is 24.6 Å². The summed E-state index contributed by atoms with van der Waals surface area (Å²) in [6, 6.07) is 7.38. The molecule has 216 valence electrons. The Morgan fingerprint density at radius 3 is 2.38 bits per heavy atom. The number of benzene rings is 1. The van der Waals surface area contributed by atoms with Crippen LogP contribution in [-0.4, -0.2) is 55.0 Å². The second kappa shape index (κ2) is 9.78. The smallest absolute Gasteiger partial charge is 0.378 e. The van der Waals surface area contributed by atoms with Gasteiger partial charge in [-0.05, 0) is 90.7 Å². The molecule has 1 aromatic rings. The van der Waals surface area contributed by atoms with Crippen LogP contribution < -0.4 is 0 Å². The molecule has 6 rings (SSSR count). The molecule has 5 atom stereocenters. The zero-order valence-corrected chi connectivity index (χ0v) is 22.5. The highest BCUT2D eigenvalue weighted by Gasteiger charge is 2.70. The van der Waals surface area contributed by atoms with E-state index in [1.807, 2.05) is 12.1 Å². The zero-order chi connectivity index (χ0) is 28.4. The van der Waals surface area contributed by atoms with Crippen molar-refractivity contribution in [3.8, 4) is 0 Å². The lowest BCUT2D eigenvalue weighted by molar-refractivity contribution is -0.314. The van der Waals surface area contributed by atoms with E-state index in [2.05, 4.69) is 0 Å². The summed E-state index contributed by atoms with van der Waals surface area (Å²) in [4.78, 5) is 27.4. The van der Waals surface area contributed by atoms with Gasteiger partial charge in [0.1, 0.15) is 0 Å². The largest absolute Gasteiger partial charge is 0.453 e. The predicted octanol–water partition coefficient (Wildman–Crippen LogP) is 6.87. The van der Waals surface area contributed by atoms with Gasteiger partial charge in [-0.15, -0.1) is 0 Å². The third-order valence-electron chi connectivity index (χ3n) is 10.5. The number of fused-ring (bicyclic) bond motifs is 4. The van der Waals surface area contributed by atoms with Gasteiger partial charge in [0.05, 0.1) is 13.2 Å². The van der Waals surface area contributed by atoms with E-state index in [0.29, 0.717) is 57.6 Å². The molecule has 0 spiro atoms. The maximum atomic E-state index is 14.7. The second-order valence-corrected chi connectivity index (χ2v) is 12.4. The Balaban J connectivity index is 1.31. The zero-order valence-electron chi connectivity index (χ0n) is 22.5. The van der Waals surface area contributed by atoms with E-state index in [1.165, 1.54) is 0 Å². The van der Waals surface area contributed by atoms with Crippen molar-refractivity contribution in [2.24, 2.45) is 23.2 Å². The molecule has 2 unspecified atom stereocenters. The van der Waals surface area contributed by atoms with E-state index in [1.54, 1.807) is 30.0 Å². The topological polar surface area (TPSA) is 46.6 Å². The minimum absolute atomic E-state index is 0.0302. The Kier molecular flexibility index (Phi) is 6.75. The van der Waals surface area contributed by atoms with Crippen LogP contribution >= 0.6 is 0 Å². The molecule has 4 aliphatic carbocycles. The standard InChI is InChI=1S/C31H34F5NO3/c1-29-11-10-23-22(25(29)8-9-26(29)30(32,33)31(34,35)36)7-6-20-16-21(38)17-24(27(20)23)18-2-4-19(5-3-18)28(39)37-12-14-40-15-13-37/h2-5,16,22,24-26H,6-15,17H2,1H3/t22-,24?,25+,26?,29+/m1/s1. The number of hydrogen-bond donors (Lipinski definition) is 0. The number of alkyl halides is 5. The SMILES string of the molecule is C[C@]12CCC3=C4C(=CC(=O)CC4c4ccc(C(=O)N5CCOCC5)cc4)CC[C@H]3[C@@H]1CCC2C(F)(F)C(F)(F)F. The van der Waals surface area contributed by atoms with Crippen molar-refractivity contribution in [3.05, 3.63) is 58.2 Å². The van der Waals surface area contributed by atoms with E-state index < -0.39 is 23.4 Å². The van der Waals surface area contributed by atoms with E-state index >= 15 is 0 Å². The summed E-state index contributed by atoms with van der Waals surface area (Å²) in [7, 11) is 0. The molecule has 3 fully saturated rings. The molecule has 9 heteroatoms. The van der Waals surface area contributed by atoms with E-state index in [0.717, 1.165) is 22.3 Å². The number of carbonyl (C=O) groups is 2. The van der Waals surface area contributed by atoms with Crippen LogP contribution in [0.5, 0.6) is 0 Å². The highest BCUT2D eigenvalue weighted by molar-refractivity contribution is 5.95. The van der Waals surface area contributed by atoms with E-state index in [9.17, 15) is 31.5 Å². The van der Waals surface area contributed by atoms with Gasteiger partial charge in [-0.3, -0.25) is 9.59 Å². The molecule has 1 amide bonds. The first-order chi connectivity index (χ1) is 18.9. The number of halogens is 5. The van der Waals surface area contributed by atoms with Gasteiger partial charge in [0.15, 0.2) is 5.78 Å². The molecule has 0 radical (unpaired) electrons. The fourth-order valence-corrected chi connectivity index (χ4v) is 8.52. The normalized spacial score (nSPS) is 32.8. The Morgan fingerprint density at radius 1 is 1.00 bits per heavy atom. The van der Waals surface area contributed by atoms with Gasteiger partial charge in [-0.25, -0.2) is 0 Å². The maximum absolute atomic E-state index is 14.7. The van der Waals surface area contributed by atoms with Crippen LogP contribution in [-0.2, 0) is 9.53 Å². The Bertz CT molecular complexity index is 1260. The number of morpholine rings is 1. The first-order valence-electron chi connectivity index (χ1n) is 14.3. The van der Waals surface area contributed by atoms with Crippen LogP contribution in [0.25, 0.3) is 0 Å². The Hall–Kier alpha value is -2.55. The number of nitrogens with zero attached hydrogens (tertiary/aromatic N) is 1. The van der Waals surface area contributed by atoms with Gasteiger partial charge in [0.25, 0.3) is 5.91 Å². The summed E-state index contributed by atoms with van der Waals surface area (Å²) in [6.45, 7) is 3.75. The van der Waals surface area contributed by atoms with Crippen molar-refractivity contribution in [2.75, 3.05) is 26.3 Å². The lowest BCUT2D eigenvalue weighted by Gasteiger charge is -2.51. The number of ketones is 1. The first kappa shape index (κ1) is 27.6. The monoisotopic (exact) mass is 563 g/mol. The van der Waals surface area contributed by atoms with Crippen LogP contribution in [0.2, 0.25) is 0 Å². The fraction of sp³-hybridized carbons (Fsp3) is 0.613. The van der Waals surface area contributed by atoms with Crippen molar-refractivity contribution in [1.82, 2.24) is 4.90 Å². The molecule has 2 saturated carbocycles. The lowest BCUT2D eigenvalue weighted by Crippen LogP contribution is -2.51. The Morgan fingerprint density at radius 2 is 1.70 bits per heavy atom. The van der Waals surface area contributed by atoms with E-state index in [-0.39, 0.29) is 48.7 Å². The van der Waals surface area contributed by atoms with Crippen LogP contribution in [0, 0.1) is 23.2 Å². The number of hydrogen-bond acceptors (Lipinski definition) is 3. The third kappa shape index (κ3) is 4.34. The number of ether oxygens (including phenoxy) is 1. The lowest BCUT2D eigenvalue weighted by atomic mass is 9.54. The molecule has 0 N–H and O–H groups in total. The molecule has 1 saturated heterocycles. The predicted molar refractivity (Wildman–Crippen MR) is 138 cm³/mol. The summed E-state index contributed by atoms with van der Waals surface area (Å²) in [6.07, 6.45) is -1.31. The number of rotatable bonds is 3. The van der Waals surface area contributed by atoms with Crippen molar-refractivity contribution in [2.45, 2.75) is 69.9 Å². The molecule has 4 nitrogen and oxygen atoms in total. The van der Waals surface area contributed by atoms with Crippen LogP contribution in [0.1, 0.15) is 73.7 Å². The molecule has 0 aromatic heterocycles. The molecular formula is C31H34F5NO3. The summed E-state index contributed by atoms with van der Waals surface area (Å²) in [5, 5.41) is 0. The summed E-state index contributed by atoms with van der Waals surface area (Å²) in [5.74, 6) is -6.96. The highest BCUT2D eigenvalue weighted by atomic mass is 19.4. The van der Waals surface area contributed by atoms with Crippen molar-refractivity contribution in [3.63, 3.8) is 0 Å². The van der Waals surface area contributed by atoms with Gasteiger partial charge in [0, 0.05) is 36.9 Å². The highest BCUT2D eigenvalue weighted by Crippen LogP contribution is 2.67. The van der Waals surface area contributed by atoms with Crippen LogP contribution in [0.4, 0.5) is 22.0 Å². The van der Waals surface area contributed by atoms with Gasteiger partial charge < -0.3 is 9.64 Å². The quantitative estimate of drug-likeness (QED) is 0.377. The maximum Gasteiger partial charge on any atom is 0.453 e. The van der Waals surface area contributed by atoms with Gasteiger partial charge >= 0.3 is 12.1 Å². The summed E-state index contributed by atoms with van der Waals surface area (Å²) < 4.78 is 74.9. The average Bonchev–Trinajstić information content (AvgIpc) is 3.30. The second-order valence-electron chi connectivity index (χ2n) is 12.4. The van der Waals surface area contributed by atoms with E-state index in [4.69, 9.17) is 4.74 Å². The number of carbonyl (C=O) groups excluding carboxylic acids is 2. The van der Waals surface area contributed by atoms with Crippen LogP contribution in [0.15, 0.2) is 47.1 Å². The fourth-order valence-electron chi connectivity index (χ4n) is 8.52. The number of allylic oxidation sites excluding steroid dienone is 4. The van der Waals surface area contributed by atoms with Crippen molar-refractivity contribution >= 4 is 11.7 Å². The Labute approximate surface area is 230 Å². The minimum atomic E-state index is -5.55. The van der Waals surface area contributed by atoms with Crippen molar-refractivity contribution < 1.29 is 36.3 Å². The average molecular weight is 564 g/mol. The van der Waals surface area contributed by atoms with Crippen LogP contribution in [0.3, 0.4) is 0 Å². The molecule has 1 aromatic carbocycles. The van der Waals surface area contributed by atoms with Gasteiger partial charge in [0.2, 0.25) is 0 Å². The summed E-state index contributed by atoms with van der Waals surface area (Å²) in [5.41, 5.74) is 3.59. The minimum Gasteiger partial charge on any atom is -0.378 e. The molecule has 40 heavy (non-hydrogen) atoms. The van der Waals surface area contributed by atoms with Gasteiger partial charge in [-0.2, -0.15) is 22.0 Å². The molecule has 0 bridgehead atoms. The molecule has 1 aliphatic heterocycles. The molecule has 5 aliphatic rings. The number of amides is 1. The summed E-state index contributed by atoms with van der Waals surface area (Å²) >= 11 is 0. The molecular weight excluding hydrogens is 529 g/mol. The molecule has 1 heterocycles. The first-order valence-corrected chi connectivity index (χ1v) is 14.3.